The fourth-order valence-electron chi connectivity index (χ4n) is 1.61. The van der Waals surface area contributed by atoms with E-state index in [2.05, 4.69) is 11.7 Å². The van der Waals surface area contributed by atoms with E-state index in [4.69, 9.17) is 4.74 Å². The van der Waals surface area contributed by atoms with Crippen molar-refractivity contribution in [1.82, 2.24) is 5.32 Å². The van der Waals surface area contributed by atoms with Gasteiger partial charge in [0.25, 0.3) is 0 Å². The van der Waals surface area contributed by atoms with Crippen LogP contribution in [0.4, 0.5) is 0 Å². The van der Waals surface area contributed by atoms with Crippen molar-refractivity contribution in [3.63, 3.8) is 0 Å². The Morgan fingerprint density at radius 2 is 2.40 bits per heavy atom. The minimum Gasteiger partial charge on any atom is -0.378 e. The fourth-order valence-corrected chi connectivity index (χ4v) is 1.61. The summed E-state index contributed by atoms with van der Waals surface area (Å²) in [6.45, 7) is 1.92. The van der Waals surface area contributed by atoms with Gasteiger partial charge in [-0.25, -0.2) is 0 Å². The van der Waals surface area contributed by atoms with Gasteiger partial charge in [-0.05, 0) is 0 Å². The molecule has 0 radical (unpaired) electrons. The first kappa shape index (κ1) is 9.64. The van der Waals surface area contributed by atoms with Crippen molar-refractivity contribution < 1.29 is 56.1 Å². The Balaban J connectivity index is 0.000000500. The second-order valence-electron chi connectivity index (χ2n) is 2.70. The van der Waals surface area contributed by atoms with Crippen LogP contribution in [0.25, 0.3) is 0 Å². The summed E-state index contributed by atoms with van der Waals surface area (Å²) >= 11 is 0. The van der Waals surface area contributed by atoms with Crippen molar-refractivity contribution in [2.24, 2.45) is 0 Å². The van der Waals surface area contributed by atoms with E-state index in [-0.39, 0.29) is 51.4 Å². The average molecular weight is 165 g/mol. The molecule has 52 valence electrons. The third-order valence-electron chi connectivity index (χ3n) is 2.09. The number of hydrogen-bond donors (Lipinski definition) is 1. The monoisotopic (exact) mass is 165 g/mol. The smallest absolute Gasteiger partial charge is 0.378 e. The number of fused-ring (bicyclic) bond motifs is 1. The molecule has 2 rings (SSSR count). The molecule has 2 aliphatic rings. The third-order valence-corrected chi connectivity index (χ3v) is 2.09. The number of ether oxygens (including phenoxy) is 1. The van der Waals surface area contributed by atoms with Crippen LogP contribution in [0.15, 0.2) is 0 Å². The van der Waals surface area contributed by atoms with E-state index < -0.39 is 0 Å². The Labute approximate surface area is 105 Å². The van der Waals surface area contributed by atoms with Crippen LogP contribution in [0.5, 0.6) is 0 Å². The topological polar surface area (TPSA) is 21.3 Å². The van der Waals surface area contributed by atoms with Gasteiger partial charge in [-0.1, -0.05) is 12.5 Å². The predicted molar refractivity (Wildman–Crippen MR) is 35.1 cm³/mol. The maximum Gasteiger partial charge on any atom is 1.00 e. The van der Waals surface area contributed by atoms with Gasteiger partial charge in [0.15, 0.2) is 0 Å². The first-order chi connectivity index (χ1) is 4.47. The Hall–Kier alpha value is 1.56. The standard InChI is InChI=1S/C7H12NO.K/c1-2-6-7(3-1)9-5-4-8-6;/h2,6-8H,1,3-5H2;/q-1;+1. The summed E-state index contributed by atoms with van der Waals surface area (Å²) in [6, 6.07) is 0.568. The second-order valence-corrected chi connectivity index (χ2v) is 2.70. The molecule has 2 nitrogen and oxygen atoms in total. The summed E-state index contributed by atoms with van der Waals surface area (Å²) in [4.78, 5) is 0. The molecule has 3 heteroatoms. The van der Waals surface area contributed by atoms with E-state index in [0.717, 1.165) is 13.2 Å². The van der Waals surface area contributed by atoms with E-state index in [1.807, 2.05) is 0 Å². The van der Waals surface area contributed by atoms with Gasteiger partial charge < -0.3 is 16.5 Å². The van der Waals surface area contributed by atoms with Crippen LogP contribution in [0.1, 0.15) is 12.8 Å². The normalized spacial score (nSPS) is 38.4. The third kappa shape index (κ3) is 2.03. The molecule has 0 aromatic heterocycles. The van der Waals surface area contributed by atoms with Gasteiger partial charge in [0.1, 0.15) is 0 Å². The molecule has 2 fully saturated rings. The van der Waals surface area contributed by atoms with E-state index in [9.17, 15) is 0 Å². The molecule has 1 N–H and O–H groups in total. The van der Waals surface area contributed by atoms with Gasteiger partial charge in [-0.15, -0.1) is 0 Å². The minimum absolute atomic E-state index is 0. The molecular formula is C7H12KNO. The Morgan fingerprint density at radius 3 is 3.20 bits per heavy atom. The first-order valence-electron chi connectivity index (χ1n) is 3.65. The Kier molecular flexibility index (Phi) is 4.39. The van der Waals surface area contributed by atoms with Crippen molar-refractivity contribution in [3.05, 3.63) is 6.42 Å². The first-order valence-corrected chi connectivity index (χ1v) is 3.65. The maximum atomic E-state index is 5.51. The molecule has 0 aromatic carbocycles. The molecule has 1 heterocycles. The summed E-state index contributed by atoms with van der Waals surface area (Å²) in [5.41, 5.74) is 0. The van der Waals surface area contributed by atoms with Crippen molar-refractivity contribution in [2.45, 2.75) is 25.0 Å². The fraction of sp³-hybridized carbons (Fsp3) is 0.857. The van der Waals surface area contributed by atoms with Gasteiger partial charge in [0.2, 0.25) is 0 Å². The van der Waals surface area contributed by atoms with Crippen LogP contribution in [0, 0.1) is 6.42 Å². The molecule has 2 atom stereocenters. The predicted octanol–water partition coefficient (Wildman–Crippen LogP) is -2.65. The molecule has 1 saturated carbocycles. The Bertz CT molecular complexity index is 97.8. The summed E-state index contributed by atoms with van der Waals surface area (Å²) < 4.78 is 5.51. The molecule has 1 aliphatic carbocycles. The summed E-state index contributed by atoms with van der Waals surface area (Å²) in [5, 5.41) is 3.40. The van der Waals surface area contributed by atoms with Gasteiger partial charge in [-0.2, -0.15) is 6.42 Å². The molecule has 10 heavy (non-hydrogen) atoms. The zero-order chi connectivity index (χ0) is 6.10. The zero-order valence-corrected chi connectivity index (χ0v) is 9.59. The Morgan fingerprint density at radius 1 is 1.50 bits per heavy atom. The zero-order valence-electron chi connectivity index (χ0n) is 6.47. The largest absolute Gasteiger partial charge is 1.00 e. The number of morpholine rings is 1. The average Bonchev–Trinajstić information content (AvgIpc) is 2.33. The van der Waals surface area contributed by atoms with Gasteiger partial charge in [0, 0.05) is 12.6 Å². The second kappa shape index (κ2) is 4.55. The van der Waals surface area contributed by atoms with E-state index in [0.29, 0.717) is 12.1 Å². The number of rotatable bonds is 0. The van der Waals surface area contributed by atoms with Crippen LogP contribution in [-0.4, -0.2) is 25.3 Å². The van der Waals surface area contributed by atoms with Crippen LogP contribution >= 0.6 is 0 Å². The molecule has 2 unspecified atom stereocenters. The van der Waals surface area contributed by atoms with Gasteiger partial charge in [-0.3, -0.25) is 0 Å². The van der Waals surface area contributed by atoms with Crippen molar-refractivity contribution in [1.29, 1.82) is 0 Å². The maximum absolute atomic E-state index is 5.51. The molecule has 1 saturated heterocycles. The molecule has 1 aliphatic heterocycles. The minimum atomic E-state index is 0. The van der Waals surface area contributed by atoms with Crippen LogP contribution in [0.3, 0.4) is 0 Å². The number of nitrogens with one attached hydrogen (secondary N) is 1. The van der Waals surface area contributed by atoms with Crippen molar-refractivity contribution >= 4 is 0 Å². The van der Waals surface area contributed by atoms with Crippen LogP contribution in [-0.2, 0) is 4.74 Å². The molecule has 0 bridgehead atoms. The molecular weight excluding hydrogens is 153 g/mol. The SMILES string of the molecule is [CH-]1CCC2OCCNC12.[K+]. The van der Waals surface area contributed by atoms with Crippen molar-refractivity contribution in [2.75, 3.05) is 13.2 Å². The van der Waals surface area contributed by atoms with E-state index in [1.165, 1.54) is 12.8 Å². The molecule has 0 spiro atoms. The summed E-state index contributed by atoms with van der Waals surface area (Å²) in [6.07, 6.45) is 5.27. The number of hydrogen-bond acceptors (Lipinski definition) is 2. The summed E-state index contributed by atoms with van der Waals surface area (Å²) in [7, 11) is 0. The van der Waals surface area contributed by atoms with Crippen molar-refractivity contribution in [3.8, 4) is 0 Å². The van der Waals surface area contributed by atoms with Gasteiger partial charge >= 0.3 is 51.4 Å². The molecule has 0 amide bonds. The molecule has 0 aromatic rings. The summed E-state index contributed by atoms with van der Waals surface area (Å²) in [5.74, 6) is 0. The quantitative estimate of drug-likeness (QED) is 0.313. The van der Waals surface area contributed by atoms with Gasteiger partial charge in [0.05, 0.1) is 6.61 Å². The van der Waals surface area contributed by atoms with Crippen LogP contribution < -0.4 is 56.7 Å². The van der Waals surface area contributed by atoms with Crippen LogP contribution in [0.2, 0.25) is 0 Å². The van der Waals surface area contributed by atoms with E-state index >= 15 is 0 Å². The van der Waals surface area contributed by atoms with E-state index in [1.54, 1.807) is 0 Å².